The Bertz CT molecular complexity index is 510. The molecule has 1 saturated carbocycles. The lowest BCUT2D eigenvalue weighted by Gasteiger charge is -2.47. The molecule has 0 bridgehead atoms. The monoisotopic (exact) mass is 287 g/mol. The molecule has 116 valence electrons. The molecule has 3 rings (SSSR count). The zero-order valence-corrected chi connectivity index (χ0v) is 13.7. The minimum Gasteiger partial charge on any atom is -0.493 e. The van der Waals surface area contributed by atoms with Crippen LogP contribution < -0.4 is 10.5 Å². The van der Waals surface area contributed by atoms with Crippen LogP contribution >= 0.6 is 0 Å². The van der Waals surface area contributed by atoms with Gasteiger partial charge < -0.3 is 10.5 Å². The summed E-state index contributed by atoms with van der Waals surface area (Å²) in [6.07, 6.45) is 5.81. The smallest absolute Gasteiger partial charge is 0.122 e. The lowest BCUT2D eigenvalue weighted by atomic mass is 9.62. The third-order valence-corrected chi connectivity index (χ3v) is 5.22. The van der Waals surface area contributed by atoms with E-state index in [1.165, 1.54) is 12.0 Å². The van der Waals surface area contributed by atoms with Crippen molar-refractivity contribution in [1.82, 2.24) is 0 Å². The van der Waals surface area contributed by atoms with E-state index in [0.29, 0.717) is 11.3 Å². The van der Waals surface area contributed by atoms with Gasteiger partial charge in [0.15, 0.2) is 0 Å². The molecule has 1 heterocycles. The normalized spacial score (nSPS) is 34.9. The molecule has 0 aromatic heterocycles. The first-order valence-electron chi connectivity index (χ1n) is 8.38. The van der Waals surface area contributed by atoms with Gasteiger partial charge in [0.05, 0.1) is 6.61 Å². The first-order chi connectivity index (χ1) is 9.87. The molecule has 3 atom stereocenters. The highest BCUT2D eigenvalue weighted by Gasteiger charge is 2.42. The SMILES string of the molecule is CC1CC(C)(C)CC(N)(CC2CCOc3ccccc32)C1. The van der Waals surface area contributed by atoms with Gasteiger partial charge in [-0.25, -0.2) is 0 Å². The molecule has 1 aliphatic heterocycles. The second-order valence-corrected chi connectivity index (χ2v) is 8.29. The maximum atomic E-state index is 6.87. The van der Waals surface area contributed by atoms with Gasteiger partial charge in [-0.3, -0.25) is 0 Å². The summed E-state index contributed by atoms with van der Waals surface area (Å²) in [5.74, 6) is 2.36. The summed E-state index contributed by atoms with van der Waals surface area (Å²) in [6.45, 7) is 7.95. The fraction of sp³-hybridized carbons (Fsp3) is 0.684. The van der Waals surface area contributed by atoms with E-state index in [2.05, 4.69) is 45.0 Å². The van der Waals surface area contributed by atoms with Crippen molar-refractivity contribution in [2.45, 2.75) is 64.3 Å². The topological polar surface area (TPSA) is 35.2 Å². The second kappa shape index (κ2) is 5.31. The summed E-state index contributed by atoms with van der Waals surface area (Å²) in [6, 6.07) is 8.50. The average Bonchev–Trinajstić information content (AvgIpc) is 2.35. The first kappa shape index (κ1) is 14.9. The van der Waals surface area contributed by atoms with Crippen LogP contribution in [0.4, 0.5) is 0 Å². The molecule has 1 fully saturated rings. The van der Waals surface area contributed by atoms with E-state index in [0.717, 1.165) is 44.0 Å². The van der Waals surface area contributed by atoms with E-state index < -0.39 is 0 Å². The molecule has 2 nitrogen and oxygen atoms in total. The first-order valence-corrected chi connectivity index (χ1v) is 8.38. The third-order valence-electron chi connectivity index (χ3n) is 5.22. The molecule has 21 heavy (non-hydrogen) atoms. The molecular weight excluding hydrogens is 258 g/mol. The maximum Gasteiger partial charge on any atom is 0.122 e. The number of benzene rings is 1. The highest BCUT2D eigenvalue weighted by molar-refractivity contribution is 5.38. The number of hydrogen-bond acceptors (Lipinski definition) is 2. The Hall–Kier alpha value is -1.02. The number of nitrogens with two attached hydrogens (primary N) is 1. The van der Waals surface area contributed by atoms with Gasteiger partial charge in [-0.05, 0) is 61.0 Å². The summed E-state index contributed by atoms with van der Waals surface area (Å²) >= 11 is 0. The molecule has 2 aliphatic rings. The van der Waals surface area contributed by atoms with Gasteiger partial charge in [-0.15, -0.1) is 0 Å². The predicted molar refractivity (Wildman–Crippen MR) is 87.6 cm³/mol. The molecule has 3 unspecified atom stereocenters. The van der Waals surface area contributed by atoms with Crippen molar-refractivity contribution in [3.8, 4) is 5.75 Å². The van der Waals surface area contributed by atoms with Gasteiger partial charge in [0.2, 0.25) is 0 Å². The van der Waals surface area contributed by atoms with Gasteiger partial charge in [-0.1, -0.05) is 39.0 Å². The summed E-state index contributed by atoms with van der Waals surface area (Å²) in [5.41, 5.74) is 8.59. The summed E-state index contributed by atoms with van der Waals surface area (Å²) in [5, 5.41) is 0. The number of hydrogen-bond donors (Lipinski definition) is 1. The van der Waals surface area contributed by atoms with Crippen molar-refractivity contribution in [1.29, 1.82) is 0 Å². The van der Waals surface area contributed by atoms with E-state index in [-0.39, 0.29) is 5.54 Å². The van der Waals surface area contributed by atoms with Crippen molar-refractivity contribution < 1.29 is 4.74 Å². The third kappa shape index (κ3) is 3.26. The molecule has 0 amide bonds. The van der Waals surface area contributed by atoms with Crippen LogP contribution in [0.5, 0.6) is 5.75 Å². The van der Waals surface area contributed by atoms with Crippen LogP contribution in [0.3, 0.4) is 0 Å². The largest absolute Gasteiger partial charge is 0.493 e. The van der Waals surface area contributed by atoms with Gasteiger partial charge in [0.25, 0.3) is 0 Å². The van der Waals surface area contributed by atoms with Crippen LogP contribution in [0.15, 0.2) is 24.3 Å². The molecule has 0 saturated heterocycles. The quantitative estimate of drug-likeness (QED) is 0.870. The Morgan fingerprint density at radius 3 is 2.76 bits per heavy atom. The van der Waals surface area contributed by atoms with Crippen molar-refractivity contribution in [2.75, 3.05) is 6.61 Å². The zero-order chi connectivity index (χ0) is 15.1. The average molecular weight is 287 g/mol. The lowest BCUT2D eigenvalue weighted by molar-refractivity contribution is 0.0925. The maximum absolute atomic E-state index is 6.87. The highest BCUT2D eigenvalue weighted by atomic mass is 16.5. The second-order valence-electron chi connectivity index (χ2n) is 8.29. The van der Waals surface area contributed by atoms with Crippen molar-refractivity contribution in [2.24, 2.45) is 17.1 Å². The Labute approximate surface area is 129 Å². The van der Waals surface area contributed by atoms with E-state index in [1.807, 2.05) is 0 Å². The molecule has 1 aromatic carbocycles. The fourth-order valence-electron chi connectivity index (χ4n) is 5.08. The minimum absolute atomic E-state index is 0.0176. The molecule has 0 spiro atoms. The Morgan fingerprint density at radius 1 is 1.24 bits per heavy atom. The lowest BCUT2D eigenvalue weighted by Crippen LogP contribution is -2.50. The van der Waals surface area contributed by atoms with Gasteiger partial charge in [0.1, 0.15) is 5.75 Å². The van der Waals surface area contributed by atoms with Gasteiger partial charge in [-0.2, -0.15) is 0 Å². The van der Waals surface area contributed by atoms with Crippen LogP contribution in [0.2, 0.25) is 0 Å². The van der Waals surface area contributed by atoms with E-state index in [9.17, 15) is 0 Å². The molecule has 2 heteroatoms. The zero-order valence-electron chi connectivity index (χ0n) is 13.7. The number of ether oxygens (including phenoxy) is 1. The van der Waals surface area contributed by atoms with Crippen molar-refractivity contribution in [3.05, 3.63) is 29.8 Å². The molecule has 0 radical (unpaired) electrons. The Balaban J connectivity index is 1.80. The van der Waals surface area contributed by atoms with Crippen LogP contribution in [0.25, 0.3) is 0 Å². The minimum atomic E-state index is -0.0176. The summed E-state index contributed by atoms with van der Waals surface area (Å²) in [7, 11) is 0. The van der Waals surface area contributed by atoms with Crippen LogP contribution in [0, 0.1) is 11.3 Å². The van der Waals surface area contributed by atoms with Crippen LogP contribution in [-0.2, 0) is 0 Å². The molecule has 1 aromatic rings. The highest BCUT2D eigenvalue weighted by Crippen LogP contribution is 2.48. The molecular formula is C19H29NO. The Kier molecular flexibility index (Phi) is 3.77. The van der Waals surface area contributed by atoms with Crippen LogP contribution in [0.1, 0.15) is 64.4 Å². The van der Waals surface area contributed by atoms with Crippen molar-refractivity contribution >= 4 is 0 Å². The van der Waals surface area contributed by atoms with Gasteiger partial charge >= 0.3 is 0 Å². The van der Waals surface area contributed by atoms with E-state index in [1.54, 1.807) is 0 Å². The number of fused-ring (bicyclic) bond motifs is 1. The van der Waals surface area contributed by atoms with Gasteiger partial charge in [0, 0.05) is 5.54 Å². The number of rotatable bonds is 2. The van der Waals surface area contributed by atoms with Crippen LogP contribution in [-0.4, -0.2) is 12.1 Å². The summed E-state index contributed by atoms with van der Waals surface area (Å²) in [4.78, 5) is 0. The Morgan fingerprint density at radius 2 is 2.00 bits per heavy atom. The molecule has 2 N–H and O–H groups in total. The van der Waals surface area contributed by atoms with E-state index >= 15 is 0 Å². The fourth-order valence-corrected chi connectivity index (χ4v) is 5.08. The summed E-state index contributed by atoms with van der Waals surface area (Å²) < 4.78 is 5.80. The molecule has 1 aliphatic carbocycles. The van der Waals surface area contributed by atoms with Crippen molar-refractivity contribution in [3.63, 3.8) is 0 Å². The van der Waals surface area contributed by atoms with E-state index in [4.69, 9.17) is 10.5 Å². The predicted octanol–water partition coefficient (Wildman–Crippen LogP) is 4.49. The number of para-hydroxylation sites is 1. The standard InChI is InChI=1S/C19H29NO/c1-14-10-18(2,3)13-19(20,11-14)12-15-8-9-21-17-7-5-4-6-16(15)17/h4-7,14-15H,8-13,20H2,1-3H3.